The zero-order chi connectivity index (χ0) is 14.6. The Morgan fingerprint density at radius 3 is 2.47 bits per heavy atom. The molecule has 0 aliphatic carbocycles. The molecule has 0 aromatic carbocycles. The number of thiophene rings is 1. The number of amides is 2. The third kappa shape index (κ3) is 3.09. The van der Waals surface area contributed by atoms with Gasteiger partial charge in [-0.2, -0.15) is 10.5 Å². The first-order chi connectivity index (χ1) is 8.92. The first-order valence-electron chi connectivity index (χ1n) is 5.34. The number of hydrogen-bond donors (Lipinski definition) is 1. The molecule has 0 saturated heterocycles. The van der Waals surface area contributed by atoms with Gasteiger partial charge in [-0.1, -0.05) is 0 Å². The average molecular weight is 276 g/mol. The van der Waals surface area contributed by atoms with Crippen LogP contribution in [0.5, 0.6) is 0 Å². The fourth-order valence-electron chi connectivity index (χ4n) is 1.39. The predicted octanol–water partition coefficient (Wildman–Crippen LogP) is 1.48. The van der Waals surface area contributed by atoms with Crippen molar-refractivity contribution in [2.75, 3.05) is 19.4 Å². The van der Waals surface area contributed by atoms with E-state index in [9.17, 15) is 9.59 Å². The quantitative estimate of drug-likeness (QED) is 0.904. The molecule has 1 heterocycles. The molecule has 0 aliphatic heterocycles. The normalized spacial score (nSPS) is 9.32. The largest absolute Gasteiger partial charge is 0.344 e. The Labute approximate surface area is 114 Å². The van der Waals surface area contributed by atoms with E-state index in [1.165, 1.54) is 4.90 Å². The lowest BCUT2D eigenvalue weighted by Gasteiger charge is -2.08. The third-order valence-electron chi connectivity index (χ3n) is 2.35. The molecule has 2 amide bonds. The maximum Gasteiger partial charge on any atom is 0.263 e. The van der Waals surface area contributed by atoms with E-state index in [0.29, 0.717) is 15.4 Å². The Kier molecular flexibility index (Phi) is 4.62. The molecule has 1 rings (SSSR count). The molecule has 1 aromatic rings. The molecule has 0 fully saturated rings. The standard InChI is InChI=1S/C12H12N4O2S/c1-7-8(6-14)11(15-9(17)4-5-13)19-10(7)12(18)16(2)3/h4H2,1-3H3,(H,15,17). The van der Waals surface area contributed by atoms with Crippen LogP contribution in [0.3, 0.4) is 0 Å². The average Bonchev–Trinajstić information content (AvgIpc) is 2.64. The molecule has 1 aromatic heterocycles. The fraction of sp³-hybridized carbons (Fsp3) is 0.333. The zero-order valence-electron chi connectivity index (χ0n) is 10.8. The smallest absolute Gasteiger partial charge is 0.263 e. The highest BCUT2D eigenvalue weighted by atomic mass is 32.1. The third-order valence-corrected chi connectivity index (χ3v) is 3.55. The highest BCUT2D eigenvalue weighted by Gasteiger charge is 2.22. The molecule has 0 atom stereocenters. The van der Waals surface area contributed by atoms with E-state index in [4.69, 9.17) is 10.5 Å². The lowest BCUT2D eigenvalue weighted by Crippen LogP contribution is -2.21. The lowest BCUT2D eigenvalue weighted by molar-refractivity contribution is -0.115. The van der Waals surface area contributed by atoms with Gasteiger partial charge in [0.05, 0.1) is 16.5 Å². The van der Waals surface area contributed by atoms with Crippen molar-refractivity contribution < 1.29 is 9.59 Å². The van der Waals surface area contributed by atoms with E-state index in [2.05, 4.69) is 5.32 Å². The summed E-state index contributed by atoms with van der Waals surface area (Å²) in [5.41, 5.74) is 0.806. The summed E-state index contributed by atoms with van der Waals surface area (Å²) in [6.07, 6.45) is -0.293. The number of nitrogens with zero attached hydrogens (tertiary/aromatic N) is 3. The topological polar surface area (TPSA) is 97.0 Å². The molecule has 0 unspecified atom stereocenters. The van der Waals surface area contributed by atoms with Crippen LogP contribution in [-0.2, 0) is 4.79 Å². The molecule has 0 bridgehead atoms. The zero-order valence-corrected chi connectivity index (χ0v) is 11.6. The maximum atomic E-state index is 11.9. The second-order valence-corrected chi connectivity index (χ2v) is 4.98. The van der Waals surface area contributed by atoms with Gasteiger partial charge >= 0.3 is 0 Å². The van der Waals surface area contributed by atoms with Crippen molar-refractivity contribution in [1.82, 2.24) is 4.90 Å². The van der Waals surface area contributed by atoms with Gasteiger partial charge in [-0.05, 0) is 12.5 Å². The highest BCUT2D eigenvalue weighted by Crippen LogP contribution is 2.33. The maximum absolute atomic E-state index is 11.9. The number of nitrogens with one attached hydrogen (secondary N) is 1. The molecule has 0 aliphatic rings. The van der Waals surface area contributed by atoms with Crippen molar-refractivity contribution in [2.45, 2.75) is 13.3 Å². The predicted molar refractivity (Wildman–Crippen MR) is 70.6 cm³/mol. The van der Waals surface area contributed by atoms with E-state index >= 15 is 0 Å². The van der Waals surface area contributed by atoms with Crippen LogP contribution >= 0.6 is 11.3 Å². The van der Waals surface area contributed by atoms with Crippen molar-refractivity contribution in [2.24, 2.45) is 0 Å². The van der Waals surface area contributed by atoms with E-state index in [-0.39, 0.29) is 17.9 Å². The molecule has 98 valence electrons. The SMILES string of the molecule is Cc1c(C(=O)N(C)C)sc(NC(=O)CC#N)c1C#N. The van der Waals surface area contributed by atoms with Gasteiger partial charge in [0, 0.05) is 14.1 Å². The van der Waals surface area contributed by atoms with E-state index in [1.807, 2.05) is 6.07 Å². The van der Waals surface area contributed by atoms with Crippen LogP contribution in [0.4, 0.5) is 5.00 Å². The van der Waals surface area contributed by atoms with Crippen LogP contribution in [0.1, 0.15) is 27.2 Å². The number of hydrogen-bond acceptors (Lipinski definition) is 5. The Bertz CT molecular complexity index is 604. The molecule has 7 heteroatoms. The Hall–Kier alpha value is -2.38. The van der Waals surface area contributed by atoms with E-state index in [0.717, 1.165) is 11.3 Å². The number of rotatable bonds is 3. The summed E-state index contributed by atoms with van der Waals surface area (Å²) < 4.78 is 0. The Morgan fingerprint density at radius 1 is 1.37 bits per heavy atom. The minimum Gasteiger partial charge on any atom is -0.344 e. The van der Waals surface area contributed by atoms with Crippen LogP contribution < -0.4 is 5.32 Å². The second kappa shape index (κ2) is 5.98. The summed E-state index contributed by atoms with van der Waals surface area (Å²) in [7, 11) is 3.23. The number of nitriles is 2. The number of carbonyl (C=O) groups excluding carboxylic acids is 2. The van der Waals surface area contributed by atoms with Crippen molar-refractivity contribution in [3.63, 3.8) is 0 Å². The van der Waals surface area contributed by atoms with Gasteiger partial charge in [-0.3, -0.25) is 9.59 Å². The minimum absolute atomic E-state index is 0.222. The van der Waals surface area contributed by atoms with E-state index in [1.54, 1.807) is 27.1 Å². The summed E-state index contributed by atoms with van der Waals surface area (Å²) in [5, 5.41) is 20.3. The van der Waals surface area contributed by atoms with Gasteiger partial charge in [0.2, 0.25) is 5.91 Å². The Morgan fingerprint density at radius 2 is 2.00 bits per heavy atom. The molecular weight excluding hydrogens is 264 g/mol. The Balaban J connectivity index is 3.18. The fourth-order valence-corrected chi connectivity index (χ4v) is 2.58. The van der Waals surface area contributed by atoms with Gasteiger partial charge in [0.15, 0.2) is 0 Å². The molecular formula is C12H12N4O2S. The summed E-state index contributed by atoms with van der Waals surface area (Å²) in [4.78, 5) is 25.1. The molecule has 19 heavy (non-hydrogen) atoms. The molecule has 0 saturated carbocycles. The van der Waals surface area contributed by atoms with Crippen LogP contribution in [0.15, 0.2) is 0 Å². The summed E-state index contributed by atoms with van der Waals surface area (Å²) >= 11 is 1.05. The highest BCUT2D eigenvalue weighted by molar-refractivity contribution is 7.18. The molecule has 0 spiro atoms. The van der Waals surface area contributed by atoms with Gasteiger partial charge in [0.25, 0.3) is 5.91 Å². The van der Waals surface area contributed by atoms with Gasteiger partial charge in [-0.15, -0.1) is 11.3 Å². The summed E-state index contributed by atoms with van der Waals surface area (Å²) in [5.74, 6) is -0.719. The van der Waals surface area contributed by atoms with Crippen LogP contribution in [-0.4, -0.2) is 30.8 Å². The van der Waals surface area contributed by atoms with Gasteiger partial charge in [0.1, 0.15) is 17.5 Å². The van der Waals surface area contributed by atoms with Gasteiger partial charge < -0.3 is 10.2 Å². The lowest BCUT2D eigenvalue weighted by atomic mass is 10.1. The van der Waals surface area contributed by atoms with Crippen LogP contribution in [0, 0.1) is 29.6 Å². The van der Waals surface area contributed by atoms with Crippen LogP contribution in [0.2, 0.25) is 0 Å². The van der Waals surface area contributed by atoms with Crippen molar-refractivity contribution in [3.05, 3.63) is 16.0 Å². The summed E-state index contributed by atoms with van der Waals surface area (Å²) in [6, 6.07) is 3.69. The first-order valence-corrected chi connectivity index (χ1v) is 6.16. The van der Waals surface area contributed by atoms with E-state index < -0.39 is 5.91 Å². The monoisotopic (exact) mass is 276 g/mol. The minimum atomic E-state index is -0.496. The number of carbonyl (C=O) groups is 2. The van der Waals surface area contributed by atoms with Crippen LogP contribution in [0.25, 0.3) is 0 Å². The van der Waals surface area contributed by atoms with Crippen molar-refractivity contribution >= 4 is 28.2 Å². The number of anilines is 1. The van der Waals surface area contributed by atoms with Gasteiger partial charge in [-0.25, -0.2) is 0 Å². The van der Waals surface area contributed by atoms with Crippen molar-refractivity contribution in [1.29, 1.82) is 10.5 Å². The first kappa shape index (κ1) is 14.7. The molecule has 6 nitrogen and oxygen atoms in total. The summed E-state index contributed by atoms with van der Waals surface area (Å²) in [6.45, 7) is 1.66. The van der Waals surface area contributed by atoms with Crippen molar-refractivity contribution in [3.8, 4) is 12.1 Å². The molecule has 0 radical (unpaired) electrons. The second-order valence-electron chi connectivity index (χ2n) is 3.95. The molecule has 1 N–H and O–H groups in total.